The van der Waals surface area contributed by atoms with Crippen molar-refractivity contribution in [3.8, 4) is 16.9 Å². The smallest absolute Gasteiger partial charge is 0.187 e. The lowest BCUT2D eigenvalue weighted by atomic mass is 10.0. The third-order valence-corrected chi connectivity index (χ3v) is 5.90. The third kappa shape index (κ3) is 4.29. The van der Waals surface area contributed by atoms with Crippen molar-refractivity contribution < 1.29 is 13.9 Å². The lowest BCUT2D eigenvalue weighted by Crippen LogP contribution is -2.43. The highest BCUT2D eigenvalue weighted by atomic mass is 19.1. The van der Waals surface area contributed by atoms with Crippen LogP contribution in [0.1, 0.15) is 12.8 Å². The molecular weight excluding hydrogens is 424 g/mol. The number of pyridine rings is 2. The molecule has 1 unspecified atom stereocenters. The van der Waals surface area contributed by atoms with Crippen LogP contribution in [-0.4, -0.2) is 34.2 Å². The van der Waals surface area contributed by atoms with Gasteiger partial charge in [-0.1, -0.05) is 6.07 Å². The first-order valence-electron chi connectivity index (χ1n) is 10.8. The molecule has 4 aromatic rings. The minimum Gasteiger partial charge on any atom is -0.503 e. The molecule has 2 aromatic heterocycles. The normalized spacial score (nSPS) is 16.2. The molecule has 33 heavy (non-hydrogen) atoms. The first-order valence-corrected chi connectivity index (χ1v) is 10.8. The Morgan fingerprint density at radius 2 is 1.82 bits per heavy atom. The zero-order valence-corrected chi connectivity index (χ0v) is 17.8. The highest BCUT2D eigenvalue weighted by Gasteiger charge is 2.18. The number of aromatic nitrogens is 2. The molecular formula is C25H23F2N5O. The van der Waals surface area contributed by atoms with Gasteiger partial charge in [0.2, 0.25) is 0 Å². The molecule has 1 atom stereocenters. The van der Waals surface area contributed by atoms with Crippen molar-refractivity contribution in [3.63, 3.8) is 0 Å². The number of hydrogen-bond acceptors (Lipinski definition) is 6. The van der Waals surface area contributed by atoms with E-state index in [0.29, 0.717) is 11.1 Å². The molecule has 8 heteroatoms. The predicted octanol–water partition coefficient (Wildman–Crippen LogP) is 4.95. The number of phenols is 1. The van der Waals surface area contributed by atoms with Gasteiger partial charge in [0.05, 0.1) is 17.4 Å². The summed E-state index contributed by atoms with van der Waals surface area (Å²) < 4.78 is 27.7. The van der Waals surface area contributed by atoms with Gasteiger partial charge in [-0.25, -0.2) is 13.8 Å². The Morgan fingerprint density at radius 3 is 2.55 bits per heavy atom. The minimum atomic E-state index is -1.00. The lowest BCUT2D eigenvalue weighted by molar-refractivity contribution is 0.396. The van der Waals surface area contributed by atoms with Crippen molar-refractivity contribution in [2.75, 3.05) is 23.3 Å². The second-order valence-electron chi connectivity index (χ2n) is 8.26. The quantitative estimate of drug-likeness (QED) is 0.410. The number of nitrogens with one attached hydrogen (secondary N) is 1. The summed E-state index contributed by atoms with van der Waals surface area (Å²) in [4.78, 5) is 11.2. The van der Waals surface area contributed by atoms with Crippen LogP contribution in [0.4, 0.5) is 26.0 Å². The Hall–Kier alpha value is -3.78. The number of rotatable bonds is 4. The molecule has 1 saturated heterocycles. The average molecular weight is 447 g/mol. The largest absolute Gasteiger partial charge is 0.503 e. The van der Waals surface area contributed by atoms with E-state index in [1.54, 1.807) is 24.5 Å². The van der Waals surface area contributed by atoms with Crippen LogP contribution in [0.15, 0.2) is 60.9 Å². The maximum absolute atomic E-state index is 13.9. The zero-order chi connectivity index (χ0) is 22.9. The molecule has 4 N–H and O–H groups in total. The summed E-state index contributed by atoms with van der Waals surface area (Å²) in [7, 11) is 0. The Morgan fingerprint density at radius 1 is 1.00 bits per heavy atom. The van der Waals surface area contributed by atoms with Crippen molar-refractivity contribution >= 4 is 28.1 Å². The molecule has 5 rings (SSSR count). The second-order valence-corrected chi connectivity index (χ2v) is 8.26. The van der Waals surface area contributed by atoms with Gasteiger partial charge in [-0.05, 0) is 66.4 Å². The van der Waals surface area contributed by atoms with E-state index in [4.69, 9.17) is 5.73 Å². The monoisotopic (exact) mass is 447 g/mol. The SMILES string of the molecule is NC1CCCN(c2ccc(Nc3ccnc4ccc(-c5cc(F)c(O)c(F)c5)cc34)cn2)C1. The summed E-state index contributed by atoms with van der Waals surface area (Å²) in [6.07, 6.45) is 5.57. The molecule has 0 aliphatic carbocycles. The van der Waals surface area contributed by atoms with E-state index in [2.05, 4.69) is 20.2 Å². The van der Waals surface area contributed by atoms with Gasteiger partial charge < -0.3 is 21.1 Å². The number of hydrogen-bond donors (Lipinski definition) is 3. The van der Waals surface area contributed by atoms with Crippen LogP contribution in [0.5, 0.6) is 5.75 Å². The molecule has 0 radical (unpaired) electrons. The van der Waals surface area contributed by atoms with Crippen molar-refractivity contribution in [2.24, 2.45) is 5.73 Å². The standard InChI is InChI=1S/C25H23F2N5O/c26-20-11-16(12-21(27)25(20)33)15-3-5-22-19(10-15)23(7-8-29-22)31-18-4-6-24(30-13-18)32-9-1-2-17(28)14-32/h3-8,10-13,17,33H,1-2,9,14,28H2,(H,29,31). The molecule has 0 amide bonds. The van der Waals surface area contributed by atoms with Crippen molar-refractivity contribution in [1.82, 2.24) is 9.97 Å². The van der Waals surface area contributed by atoms with Crippen LogP contribution in [0.2, 0.25) is 0 Å². The molecule has 3 heterocycles. The van der Waals surface area contributed by atoms with Crippen LogP contribution in [-0.2, 0) is 0 Å². The van der Waals surface area contributed by atoms with Gasteiger partial charge in [0.15, 0.2) is 17.4 Å². The maximum atomic E-state index is 13.9. The van der Waals surface area contributed by atoms with E-state index >= 15 is 0 Å². The second kappa shape index (κ2) is 8.63. The molecule has 0 saturated carbocycles. The van der Waals surface area contributed by atoms with Gasteiger partial charge >= 0.3 is 0 Å². The highest BCUT2D eigenvalue weighted by molar-refractivity contribution is 5.95. The molecule has 6 nitrogen and oxygen atoms in total. The number of halogens is 2. The van der Waals surface area contributed by atoms with Gasteiger partial charge in [-0.3, -0.25) is 4.98 Å². The first-order chi connectivity index (χ1) is 16.0. The first kappa shape index (κ1) is 21.1. The van der Waals surface area contributed by atoms with Crippen molar-refractivity contribution in [3.05, 3.63) is 72.6 Å². The Balaban J connectivity index is 1.44. The number of anilines is 3. The highest BCUT2D eigenvalue weighted by Crippen LogP contribution is 2.32. The molecule has 0 spiro atoms. The molecule has 1 fully saturated rings. The van der Waals surface area contributed by atoms with Gasteiger partial charge in [0.25, 0.3) is 0 Å². The summed E-state index contributed by atoms with van der Waals surface area (Å²) in [6, 6.07) is 13.5. The lowest BCUT2D eigenvalue weighted by Gasteiger charge is -2.31. The molecule has 0 bridgehead atoms. The Bertz CT molecular complexity index is 1290. The summed E-state index contributed by atoms with van der Waals surface area (Å²) in [5.74, 6) is -2.09. The van der Waals surface area contributed by atoms with Gasteiger partial charge in [-0.2, -0.15) is 0 Å². The number of nitrogens with zero attached hydrogens (tertiary/aromatic N) is 3. The van der Waals surface area contributed by atoms with E-state index in [9.17, 15) is 13.9 Å². The topological polar surface area (TPSA) is 87.3 Å². The summed E-state index contributed by atoms with van der Waals surface area (Å²) in [5.41, 5.74) is 9.34. The Labute approximate surface area is 189 Å². The van der Waals surface area contributed by atoms with E-state index in [-0.39, 0.29) is 6.04 Å². The molecule has 168 valence electrons. The number of piperidine rings is 1. The third-order valence-electron chi connectivity index (χ3n) is 5.90. The van der Waals surface area contributed by atoms with E-state index in [1.165, 1.54) is 0 Å². The molecule has 1 aliphatic heterocycles. The predicted molar refractivity (Wildman–Crippen MR) is 126 cm³/mol. The van der Waals surface area contributed by atoms with Crippen molar-refractivity contribution in [2.45, 2.75) is 18.9 Å². The number of aromatic hydroxyl groups is 1. The zero-order valence-electron chi connectivity index (χ0n) is 17.8. The number of benzene rings is 2. The van der Waals surface area contributed by atoms with Gasteiger partial charge in [-0.15, -0.1) is 0 Å². The number of nitrogens with two attached hydrogens (primary N) is 1. The minimum absolute atomic E-state index is 0.172. The van der Waals surface area contributed by atoms with E-state index in [0.717, 1.165) is 66.2 Å². The Kier molecular flexibility index (Phi) is 5.51. The maximum Gasteiger partial charge on any atom is 0.187 e. The van der Waals surface area contributed by atoms with Crippen LogP contribution >= 0.6 is 0 Å². The van der Waals surface area contributed by atoms with Gasteiger partial charge in [0, 0.05) is 36.4 Å². The number of fused-ring (bicyclic) bond motifs is 1. The molecule has 1 aliphatic rings. The van der Waals surface area contributed by atoms with E-state index < -0.39 is 17.4 Å². The number of phenolic OH excluding ortho intramolecular Hbond substituents is 1. The summed E-state index contributed by atoms with van der Waals surface area (Å²) >= 11 is 0. The van der Waals surface area contributed by atoms with Crippen molar-refractivity contribution in [1.29, 1.82) is 0 Å². The van der Waals surface area contributed by atoms with Crippen LogP contribution in [0.3, 0.4) is 0 Å². The fraction of sp³-hybridized carbons (Fsp3) is 0.200. The van der Waals surface area contributed by atoms with E-state index in [1.807, 2.05) is 24.3 Å². The fourth-order valence-corrected chi connectivity index (χ4v) is 4.19. The van der Waals surface area contributed by atoms with Gasteiger partial charge in [0.1, 0.15) is 5.82 Å². The van der Waals surface area contributed by atoms with Crippen LogP contribution < -0.4 is 16.0 Å². The molecule has 2 aromatic carbocycles. The fourth-order valence-electron chi connectivity index (χ4n) is 4.19. The van der Waals surface area contributed by atoms with Crippen LogP contribution in [0, 0.1) is 11.6 Å². The average Bonchev–Trinajstić information content (AvgIpc) is 2.83. The summed E-state index contributed by atoms with van der Waals surface area (Å²) in [6.45, 7) is 1.75. The van der Waals surface area contributed by atoms with Crippen LogP contribution in [0.25, 0.3) is 22.0 Å². The summed E-state index contributed by atoms with van der Waals surface area (Å²) in [5, 5.41) is 13.5.